The maximum Gasteiger partial charge on any atom is 0.407 e. The van der Waals surface area contributed by atoms with Crippen molar-refractivity contribution in [3.8, 4) is 11.1 Å². The minimum Gasteiger partial charge on any atom is -0.449 e. The first kappa shape index (κ1) is 19.2. The van der Waals surface area contributed by atoms with Crippen LogP contribution in [-0.2, 0) is 17.7 Å². The van der Waals surface area contributed by atoms with Crippen molar-refractivity contribution in [2.24, 2.45) is 5.73 Å². The Morgan fingerprint density at radius 2 is 1.59 bits per heavy atom. The molecule has 148 valence electrons. The molecule has 0 aliphatic heterocycles. The Kier molecular flexibility index (Phi) is 5.63. The van der Waals surface area contributed by atoms with Gasteiger partial charge in [0.2, 0.25) is 0 Å². The van der Waals surface area contributed by atoms with Crippen molar-refractivity contribution in [3.63, 3.8) is 0 Å². The summed E-state index contributed by atoms with van der Waals surface area (Å²) in [5.74, 6) is 0.0738. The zero-order chi connectivity index (χ0) is 20.2. The molecule has 1 amide bonds. The number of amides is 1. The Bertz CT molecular complexity index is 969. The van der Waals surface area contributed by atoms with Gasteiger partial charge in [0.05, 0.1) is 0 Å². The highest BCUT2D eigenvalue weighted by atomic mass is 16.5. The van der Waals surface area contributed by atoms with Crippen molar-refractivity contribution < 1.29 is 9.53 Å². The van der Waals surface area contributed by atoms with Crippen LogP contribution in [0.3, 0.4) is 0 Å². The first-order valence-electron chi connectivity index (χ1n) is 10.0. The number of hydrogen-bond acceptors (Lipinski definition) is 3. The highest BCUT2D eigenvalue weighted by Gasteiger charge is 2.29. The topological polar surface area (TPSA) is 64.3 Å². The van der Waals surface area contributed by atoms with Gasteiger partial charge in [-0.25, -0.2) is 4.79 Å². The fourth-order valence-electron chi connectivity index (χ4n) is 4.13. The zero-order valence-corrected chi connectivity index (χ0v) is 16.6. The second kappa shape index (κ2) is 8.50. The van der Waals surface area contributed by atoms with Gasteiger partial charge >= 0.3 is 6.09 Å². The Balaban J connectivity index is 1.37. The van der Waals surface area contributed by atoms with Crippen molar-refractivity contribution >= 4 is 6.09 Å². The number of nitrogens with two attached hydrogens (primary N) is 1. The van der Waals surface area contributed by atoms with Crippen LogP contribution in [0.5, 0.6) is 0 Å². The molecular weight excluding hydrogens is 360 g/mol. The van der Waals surface area contributed by atoms with Gasteiger partial charge in [0, 0.05) is 18.5 Å². The molecule has 3 aromatic carbocycles. The predicted molar refractivity (Wildman–Crippen MR) is 116 cm³/mol. The average molecular weight is 386 g/mol. The Labute approximate surface area is 171 Å². The minimum atomic E-state index is -0.380. The molecule has 1 atom stereocenters. The number of benzene rings is 3. The lowest BCUT2D eigenvalue weighted by molar-refractivity contribution is 0.139. The predicted octanol–water partition coefficient (Wildman–Crippen LogP) is 4.62. The van der Waals surface area contributed by atoms with Crippen LogP contribution in [0.15, 0.2) is 72.8 Å². The highest BCUT2D eigenvalue weighted by Crippen LogP contribution is 2.44. The highest BCUT2D eigenvalue weighted by molar-refractivity contribution is 5.79. The summed E-state index contributed by atoms with van der Waals surface area (Å²) in [7, 11) is 0. The lowest BCUT2D eigenvalue weighted by Gasteiger charge is -2.17. The third kappa shape index (κ3) is 4.17. The van der Waals surface area contributed by atoms with E-state index in [9.17, 15) is 4.79 Å². The van der Waals surface area contributed by atoms with Gasteiger partial charge in [-0.05, 0) is 46.7 Å². The molecule has 0 spiro atoms. The van der Waals surface area contributed by atoms with Crippen LogP contribution in [0.1, 0.15) is 35.1 Å². The summed E-state index contributed by atoms with van der Waals surface area (Å²) in [5, 5.41) is 2.95. The smallest absolute Gasteiger partial charge is 0.407 e. The summed E-state index contributed by atoms with van der Waals surface area (Å²) in [6, 6.07) is 24.8. The molecule has 0 saturated carbocycles. The van der Waals surface area contributed by atoms with Crippen LogP contribution >= 0.6 is 0 Å². The third-order valence-corrected chi connectivity index (χ3v) is 5.48. The van der Waals surface area contributed by atoms with E-state index in [0.717, 1.165) is 17.5 Å². The fraction of sp³-hybridized carbons (Fsp3) is 0.240. The third-order valence-electron chi connectivity index (χ3n) is 5.48. The van der Waals surface area contributed by atoms with E-state index in [1.165, 1.54) is 22.3 Å². The molecule has 0 fully saturated rings. The van der Waals surface area contributed by atoms with E-state index in [4.69, 9.17) is 10.5 Å². The van der Waals surface area contributed by atoms with Crippen molar-refractivity contribution in [3.05, 3.63) is 95.1 Å². The number of rotatable bonds is 6. The van der Waals surface area contributed by atoms with Crippen LogP contribution in [0.25, 0.3) is 11.1 Å². The first-order valence-corrected chi connectivity index (χ1v) is 10.0. The lowest BCUT2D eigenvalue weighted by atomic mass is 9.98. The summed E-state index contributed by atoms with van der Waals surface area (Å²) in [6.45, 7) is 2.83. The van der Waals surface area contributed by atoms with Gasteiger partial charge in [-0.3, -0.25) is 0 Å². The number of hydrogen-bond donors (Lipinski definition) is 2. The van der Waals surface area contributed by atoms with Crippen LogP contribution in [0, 0.1) is 0 Å². The van der Waals surface area contributed by atoms with Crippen molar-refractivity contribution in [1.82, 2.24) is 5.32 Å². The van der Waals surface area contributed by atoms with E-state index < -0.39 is 0 Å². The number of ether oxygens (including phenoxy) is 1. The number of carbonyl (C=O) groups excluding carboxylic acids is 1. The molecule has 4 heteroatoms. The number of fused-ring (bicyclic) bond motifs is 3. The van der Waals surface area contributed by atoms with Crippen molar-refractivity contribution in [2.75, 3.05) is 6.61 Å². The molecule has 1 unspecified atom stereocenters. The Morgan fingerprint density at radius 1 is 0.966 bits per heavy atom. The van der Waals surface area contributed by atoms with Crippen LogP contribution in [0.4, 0.5) is 4.79 Å². The van der Waals surface area contributed by atoms with E-state index in [0.29, 0.717) is 13.2 Å². The van der Waals surface area contributed by atoms with E-state index >= 15 is 0 Å². The van der Waals surface area contributed by atoms with Crippen LogP contribution in [-0.4, -0.2) is 18.7 Å². The maximum absolute atomic E-state index is 12.4. The molecule has 1 aliphatic rings. The summed E-state index contributed by atoms with van der Waals surface area (Å²) >= 11 is 0. The quantitative estimate of drug-likeness (QED) is 0.650. The van der Waals surface area contributed by atoms with E-state index in [1.54, 1.807) is 0 Å². The summed E-state index contributed by atoms with van der Waals surface area (Å²) < 4.78 is 5.62. The normalized spacial score (nSPS) is 13.4. The average Bonchev–Trinajstić information content (AvgIpc) is 3.06. The second-order valence-corrected chi connectivity index (χ2v) is 7.60. The lowest BCUT2D eigenvalue weighted by Crippen LogP contribution is -2.35. The van der Waals surface area contributed by atoms with Gasteiger partial charge < -0.3 is 15.8 Å². The Morgan fingerprint density at radius 3 is 2.24 bits per heavy atom. The molecule has 29 heavy (non-hydrogen) atoms. The van der Waals surface area contributed by atoms with Gasteiger partial charge in [0.1, 0.15) is 6.61 Å². The molecule has 4 nitrogen and oxygen atoms in total. The molecule has 0 saturated heterocycles. The van der Waals surface area contributed by atoms with E-state index in [2.05, 4.69) is 41.7 Å². The molecular formula is C25H26N2O2. The molecule has 0 bridgehead atoms. The molecule has 4 rings (SSSR count). The standard InChI is InChI=1S/C25H26N2O2/c1-17(13-18-7-6-8-19(14-18)15-26)27-25(28)29-16-24-22-11-4-2-9-20(22)21-10-3-5-12-23(21)24/h2-12,14,17,24H,13,15-16,26H2,1H3,(H,27,28). The second-order valence-electron chi connectivity index (χ2n) is 7.60. The molecule has 0 heterocycles. The molecule has 1 aliphatic carbocycles. The molecule has 3 N–H and O–H groups in total. The van der Waals surface area contributed by atoms with Crippen molar-refractivity contribution in [2.45, 2.75) is 31.8 Å². The first-order chi connectivity index (χ1) is 14.2. The van der Waals surface area contributed by atoms with Gasteiger partial charge in [-0.15, -0.1) is 0 Å². The number of nitrogens with one attached hydrogen (secondary N) is 1. The van der Waals surface area contributed by atoms with Crippen molar-refractivity contribution in [1.29, 1.82) is 0 Å². The zero-order valence-electron chi connectivity index (χ0n) is 16.6. The SMILES string of the molecule is CC(Cc1cccc(CN)c1)NC(=O)OCC1c2ccccc2-c2ccccc21. The Hall–Kier alpha value is -3.11. The van der Waals surface area contributed by atoms with Gasteiger partial charge in [-0.2, -0.15) is 0 Å². The maximum atomic E-state index is 12.4. The monoisotopic (exact) mass is 386 g/mol. The summed E-state index contributed by atoms with van der Waals surface area (Å²) in [5.41, 5.74) is 12.8. The molecule has 0 radical (unpaired) electrons. The summed E-state index contributed by atoms with van der Waals surface area (Å²) in [4.78, 5) is 12.4. The van der Waals surface area contributed by atoms with E-state index in [-0.39, 0.29) is 18.1 Å². The van der Waals surface area contributed by atoms with Crippen LogP contribution in [0.2, 0.25) is 0 Å². The van der Waals surface area contributed by atoms with Gasteiger partial charge in [0.15, 0.2) is 0 Å². The number of alkyl carbamates (subject to hydrolysis) is 1. The fourth-order valence-corrected chi connectivity index (χ4v) is 4.13. The number of carbonyl (C=O) groups is 1. The largest absolute Gasteiger partial charge is 0.449 e. The van der Waals surface area contributed by atoms with E-state index in [1.807, 2.05) is 43.3 Å². The van der Waals surface area contributed by atoms with Gasteiger partial charge in [0.25, 0.3) is 0 Å². The van der Waals surface area contributed by atoms with Crippen LogP contribution < -0.4 is 11.1 Å². The van der Waals surface area contributed by atoms with Gasteiger partial charge in [-0.1, -0.05) is 72.8 Å². The molecule has 3 aromatic rings. The minimum absolute atomic E-state index is 0.0290. The molecule has 0 aromatic heterocycles. The summed E-state index contributed by atoms with van der Waals surface area (Å²) in [6.07, 6.45) is 0.354.